The van der Waals surface area contributed by atoms with Crippen LogP contribution in [-0.2, 0) is 0 Å². The van der Waals surface area contributed by atoms with Crippen LogP contribution in [0.5, 0.6) is 0 Å². The van der Waals surface area contributed by atoms with Crippen molar-refractivity contribution in [2.45, 2.75) is 52.0 Å². The molecule has 1 fully saturated rings. The maximum Gasteiger partial charge on any atom is 0.00668 e. The summed E-state index contributed by atoms with van der Waals surface area (Å²) in [6.07, 6.45) is 7.03. The van der Waals surface area contributed by atoms with Crippen molar-refractivity contribution < 1.29 is 0 Å². The van der Waals surface area contributed by atoms with E-state index in [1.165, 1.54) is 43.6 Å². The van der Waals surface area contributed by atoms with E-state index in [0.717, 1.165) is 17.9 Å². The molecule has 1 unspecified atom stereocenters. The van der Waals surface area contributed by atoms with Crippen LogP contribution in [0.4, 0.5) is 0 Å². The Kier molecular flexibility index (Phi) is 6.74. The Morgan fingerprint density at radius 2 is 1.87 bits per heavy atom. The SMILES string of the molecule is CNC(CCC(C)C)CC1CCSCC1. The van der Waals surface area contributed by atoms with E-state index in [-0.39, 0.29) is 0 Å². The summed E-state index contributed by atoms with van der Waals surface area (Å²) in [5, 5.41) is 3.50. The maximum absolute atomic E-state index is 3.50. The second-order valence-corrected chi connectivity index (χ2v) is 6.47. The number of hydrogen-bond acceptors (Lipinski definition) is 2. The number of rotatable bonds is 6. The van der Waals surface area contributed by atoms with Crippen LogP contribution >= 0.6 is 11.8 Å². The molecule has 2 heteroatoms. The summed E-state index contributed by atoms with van der Waals surface area (Å²) in [6.45, 7) is 4.65. The highest BCUT2D eigenvalue weighted by Crippen LogP contribution is 2.27. The number of thioether (sulfide) groups is 1. The molecule has 1 aliphatic rings. The molecule has 1 nitrogen and oxygen atoms in total. The molecule has 15 heavy (non-hydrogen) atoms. The lowest BCUT2D eigenvalue weighted by Gasteiger charge is -2.26. The Labute approximate surface area is 99.8 Å². The summed E-state index contributed by atoms with van der Waals surface area (Å²) in [7, 11) is 2.13. The molecule has 1 saturated heterocycles. The number of hydrogen-bond donors (Lipinski definition) is 1. The van der Waals surface area contributed by atoms with E-state index in [0.29, 0.717) is 0 Å². The van der Waals surface area contributed by atoms with Gasteiger partial charge in [-0.1, -0.05) is 13.8 Å². The minimum Gasteiger partial charge on any atom is -0.317 e. The molecule has 0 aliphatic carbocycles. The van der Waals surface area contributed by atoms with Gasteiger partial charge in [0.25, 0.3) is 0 Å². The van der Waals surface area contributed by atoms with E-state index in [9.17, 15) is 0 Å². The second-order valence-electron chi connectivity index (χ2n) is 5.25. The van der Waals surface area contributed by atoms with Gasteiger partial charge in [0, 0.05) is 6.04 Å². The third-order valence-corrected chi connectivity index (χ3v) is 4.51. The Morgan fingerprint density at radius 3 is 2.40 bits per heavy atom. The van der Waals surface area contributed by atoms with E-state index in [2.05, 4.69) is 38.0 Å². The van der Waals surface area contributed by atoms with Gasteiger partial charge in [-0.05, 0) is 62.5 Å². The van der Waals surface area contributed by atoms with Crippen LogP contribution < -0.4 is 5.32 Å². The molecule has 0 aromatic carbocycles. The quantitative estimate of drug-likeness (QED) is 0.747. The first kappa shape index (κ1) is 13.4. The molecular weight excluding hydrogens is 202 g/mol. The lowest BCUT2D eigenvalue weighted by atomic mass is 9.91. The molecule has 1 heterocycles. The van der Waals surface area contributed by atoms with E-state index in [4.69, 9.17) is 0 Å². The second kappa shape index (κ2) is 7.56. The minimum absolute atomic E-state index is 0.764. The van der Waals surface area contributed by atoms with E-state index < -0.39 is 0 Å². The summed E-state index contributed by atoms with van der Waals surface area (Å²) in [6, 6.07) is 0.764. The van der Waals surface area contributed by atoms with Crippen LogP contribution in [0.3, 0.4) is 0 Å². The van der Waals surface area contributed by atoms with Crippen LogP contribution in [0.25, 0.3) is 0 Å². The van der Waals surface area contributed by atoms with Crippen molar-refractivity contribution in [1.29, 1.82) is 0 Å². The number of nitrogens with one attached hydrogen (secondary N) is 1. The van der Waals surface area contributed by atoms with E-state index >= 15 is 0 Å². The van der Waals surface area contributed by atoms with Gasteiger partial charge in [-0.15, -0.1) is 0 Å². The Bertz CT molecular complexity index is 153. The van der Waals surface area contributed by atoms with E-state index in [1.807, 2.05) is 0 Å². The van der Waals surface area contributed by atoms with Crippen LogP contribution in [0, 0.1) is 11.8 Å². The zero-order chi connectivity index (χ0) is 11.1. The van der Waals surface area contributed by atoms with Crippen molar-refractivity contribution in [3.63, 3.8) is 0 Å². The molecule has 0 bridgehead atoms. The summed E-state index contributed by atoms with van der Waals surface area (Å²) in [5.74, 6) is 4.63. The largest absolute Gasteiger partial charge is 0.317 e. The third kappa shape index (κ3) is 5.82. The van der Waals surface area contributed by atoms with E-state index in [1.54, 1.807) is 0 Å². The van der Waals surface area contributed by atoms with Crippen molar-refractivity contribution in [1.82, 2.24) is 5.32 Å². The van der Waals surface area contributed by atoms with Crippen molar-refractivity contribution in [3.05, 3.63) is 0 Å². The molecule has 1 atom stereocenters. The lowest BCUT2D eigenvalue weighted by Crippen LogP contribution is -2.29. The average Bonchev–Trinajstić information content (AvgIpc) is 2.25. The zero-order valence-electron chi connectivity index (χ0n) is 10.6. The van der Waals surface area contributed by atoms with Gasteiger partial charge in [0.1, 0.15) is 0 Å². The summed E-state index contributed by atoms with van der Waals surface area (Å²) in [5.41, 5.74) is 0. The Morgan fingerprint density at radius 1 is 1.20 bits per heavy atom. The highest BCUT2D eigenvalue weighted by Gasteiger charge is 2.18. The van der Waals surface area contributed by atoms with Crippen LogP contribution in [0.15, 0.2) is 0 Å². The highest BCUT2D eigenvalue weighted by molar-refractivity contribution is 7.99. The fourth-order valence-electron chi connectivity index (χ4n) is 2.30. The van der Waals surface area contributed by atoms with Gasteiger partial charge in [0.2, 0.25) is 0 Å². The van der Waals surface area contributed by atoms with Crippen LogP contribution in [0.2, 0.25) is 0 Å². The summed E-state index contributed by atoms with van der Waals surface area (Å²) in [4.78, 5) is 0. The Hall–Kier alpha value is 0.310. The van der Waals surface area contributed by atoms with Gasteiger partial charge in [-0.3, -0.25) is 0 Å². The predicted molar refractivity (Wildman–Crippen MR) is 71.6 cm³/mol. The zero-order valence-corrected chi connectivity index (χ0v) is 11.4. The molecule has 1 aliphatic heterocycles. The van der Waals surface area contributed by atoms with Gasteiger partial charge < -0.3 is 5.32 Å². The minimum atomic E-state index is 0.764. The fraction of sp³-hybridized carbons (Fsp3) is 1.00. The molecule has 0 amide bonds. The van der Waals surface area contributed by atoms with Gasteiger partial charge in [0.05, 0.1) is 0 Å². The summed E-state index contributed by atoms with van der Waals surface area (Å²) < 4.78 is 0. The van der Waals surface area contributed by atoms with Gasteiger partial charge in [-0.25, -0.2) is 0 Å². The molecule has 0 radical (unpaired) electrons. The van der Waals surface area contributed by atoms with Crippen molar-refractivity contribution in [2.24, 2.45) is 11.8 Å². The van der Waals surface area contributed by atoms with Crippen molar-refractivity contribution in [2.75, 3.05) is 18.6 Å². The molecule has 0 aromatic heterocycles. The molecule has 1 N–H and O–H groups in total. The fourth-order valence-corrected chi connectivity index (χ4v) is 3.50. The normalized spacial score (nSPS) is 20.8. The topological polar surface area (TPSA) is 12.0 Å². The van der Waals surface area contributed by atoms with Gasteiger partial charge in [0.15, 0.2) is 0 Å². The molecule has 90 valence electrons. The monoisotopic (exact) mass is 229 g/mol. The first-order valence-electron chi connectivity index (χ1n) is 6.47. The first-order chi connectivity index (χ1) is 7.22. The van der Waals surface area contributed by atoms with Gasteiger partial charge in [-0.2, -0.15) is 11.8 Å². The van der Waals surface area contributed by atoms with Gasteiger partial charge >= 0.3 is 0 Å². The highest BCUT2D eigenvalue weighted by atomic mass is 32.2. The molecule has 0 spiro atoms. The molecule has 0 saturated carbocycles. The smallest absolute Gasteiger partial charge is 0.00668 e. The molecular formula is C13H27NS. The lowest BCUT2D eigenvalue weighted by molar-refractivity contribution is 0.347. The van der Waals surface area contributed by atoms with Crippen LogP contribution in [0.1, 0.15) is 46.0 Å². The molecule has 0 aromatic rings. The average molecular weight is 229 g/mol. The Balaban J connectivity index is 2.19. The first-order valence-corrected chi connectivity index (χ1v) is 7.62. The van der Waals surface area contributed by atoms with Crippen molar-refractivity contribution in [3.8, 4) is 0 Å². The third-order valence-electron chi connectivity index (χ3n) is 3.46. The maximum atomic E-state index is 3.50. The predicted octanol–water partition coefficient (Wildman–Crippen LogP) is 3.54. The standard InChI is InChI=1S/C13H27NS/c1-11(2)4-5-13(14-3)10-12-6-8-15-9-7-12/h11-14H,4-10H2,1-3H3. The summed E-state index contributed by atoms with van der Waals surface area (Å²) >= 11 is 2.13. The van der Waals surface area contributed by atoms with Crippen LogP contribution in [-0.4, -0.2) is 24.6 Å². The molecule has 1 rings (SSSR count). The van der Waals surface area contributed by atoms with Crippen molar-refractivity contribution >= 4 is 11.8 Å².